The van der Waals surface area contributed by atoms with Crippen molar-refractivity contribution in [3.05, 3.63) is 94.7 Å². The molecule has 158 valence electrons. The van der Waals surface area contributed by atoms with Crippen molar-refractivity contribution in [2.75, 3.05) is 7.11 Å². The third-order valence-electron chi connectivity index (χ3n) is 5.32. The summed E-state index contributed by atoms with van der Waals surface area (Å²) in [4.78, 5) is 27.2. The van der Waals surface area contributed by atoms with Gasteiger partial charge in [-0.15, -0.1) is 0 Å². The average Bonchev–Trinajstić information content (AvgIpc) is 3.38. The van der Waals surface area contributed by atoms with Gasteiger partial charge in [0.05, 0.1) is 31.5 Å². The molecule has 1 atom stereocenters. The van der Waals surface area contributed by atoms with Gasteiger partial charge in [-0.25, -0.2) is 4.39 Å². The number of aryl methyl sites for hydroxylation is 1. The fourth-order valence-electron chi connectivity index (χ4n) is 3.64. The van der Waals surface area contributed by atoms with Crippen molar-refractivity contribution < 1.29 is 28.2 Å². The van der Waals surface area contributed by atoms with Crippen molar-refractivity contribution >= 4 is 17.4 Å². The number of ether oxygens (including phenoxy) is 1. The molecule has 7 heteroatoms. The first-order chi connectivity index (χ1) is 14.9. The van der Waals surface area contributed by atoms with Crippen LogP contribution in [-0.4, -0.2) is 28.8 Å². The normalized spacial score (nSPS) is 17.9. The summed E-state index contributed by atoms with van der Waals surface area (Å²) in [5.41, 5.74) is 1.02. The van der Waals surface area contributed by atoms with Crippen molar-refractivity contribution in [1.82, 2.24) is 4.90 Å². The predicted octanol–water partition coefficient (Wildman–Crippen LogP) is 4.36. The molecule has 3 aromatic rings. The molecule has 1 aliphatic rings. The molecule has 1 fully saturated rings. The minimum absolute atomic E-state index is 0.0350. The third-order valence-corrected chi connectivity index (χ3v) is 5.32. The number of halogens is 1. The fraction of sp³-hybridized carbons (Fsp3) is 0.167. The maximum Gasteiger partial charge on any atom is 0.296 e. The number of nitrogens with zero attached hydrogens (tertiary/aromatic N) is 1. The number of ketones is 1. The van der Waals surface area contributed by atoms with Gasteiger partial charge in [-0.05, 0) is 48.4 Å². The van der Waals surface area contributed by atoms with Gasteiger partial charge in [-0.1, -0.05) is 24.3 Å². The molecule has 1 aliphatic heterocycles. The minimum Gasteiger partial charge on any atom is -0.507 e. The molecule has 4 rings (SSSR count). The minimum atomic E-state index is -0.875. The summed E-state index contributed by atoms with van der Waals surface area (Å²) < 4.78 is 24.7. The van der Waals surface area contributed by atoms with Crippen molar-refractivity contribution in [3.63, 3.8) is 0 Å². The predicted molar refractivity (Wildman–Crippen MR) is 111 cm³/mol. The van der Waals surface area contributed by atoms with Gasteiger partial charge in [0.15, 0.2) is 0 Å². The summed E-state index contributed by atoms with van der Waals surface area (Å²) in [7, 11) is 1.53. The molecule has 0 bridgehead atoms. The van der Waals surface area contributed by atoms with E-state index in [1.165, 1.54) is 30.4 Å². The van der Waals surface area contributed by atoms with Crippen molar-refractivity contribution in [1.29, 1.82) is 0 Å². The lowest BCUT2D eigenvalue weighted by molar-refractivity contribution is -0.140. The molecule has 0 spiro atoms. The van der Waals surface area contributed by atoms with Gasteiger partial charge in [-0.3, -0.25) is 9.59 Å². The number of likely N-dealkylation sites (tertiary alicyclic amines) is 1. The van der Waals surface area contributed by atoms with E-state index in [2.05, 4.69) is 0 Å². The molecular weight excluding hydrogens is 401 g/mol. The molecule has 0 saturated carbocycles. The molecule has 1 aromatic heterocycles. The quantitative estimate of drug-likeness (QED) is 0.376. The van der Waals surface area contributed by atoms with Crippen LogP contribution in [0.15, 0.2) is 70.9 Å². The Morgan fingerprint density at radius 3 is 2.52 bits per heavy atom. The van der Waals surface area contributed by atoms with Gasteiger partial charge in [0.25, 0.3) is 11.7 Å². The number of Topliss-reactive ketones (excluding diaryl/α,β-unsaturated/α-hetero) is 1. The van der Waals surface area contributed by atoms with Crippen LogP contribution in [0.1, 0.15) is 28.5 Å². The Bertz CT molecular complexity index is 1170. The van der Waals surface area contributed by atoms with Crippen LogP contribution in [0.4, 0.5) is 4.39 Å². The van der Waals surface area contributed by atoms with Gasteiger partial charge < -0.3 is 19.2 Å². The average molecular weight is 421 g/mol. The molecule has 6 nitrogen and oxygen atoms in total. The van der Waals surface area contributed by atoms with Crippen LogP contribution in [0.3, 0.4) is 0 Å². The Kier molecular flexibility index (Phi) is 5.33. The van der Waals surface area contributed by atoms with Crippen LogP contribution < -0.4 is 4.74 Å². The maximum atomic E-state index is 14.1. The lowest BCUT2D eigenvalue weighted by Crippen LogP contribution is -2.29. The molecule has 1 N–H and O–H groups in total. The number of rotatable bonds is 5. The van der Waals surface area contributed by atoms with E-state index in [0.29, 0.717) is 22.6 Å². The number of hydrogen-bond donors (Lipinski definition) is 1. The number of carbonyl (C=O) groups is 2. The van der Waals surface area contributed by atoms with E-state index in [1.54, 1.807) is 43.3 Å². The number of amides is 1. The van der Waals surface area contributed by atoms with Gasteiger partial charge >= 0.3 is 0 Å². The number of carbonyl (C=O) groups excluding carboxylic acids is 2. The molecule has 1 saturated heterocycles. The Labute approximate surface area is 178 Å². The third kappa shape index (κ3) is 3.70. The Morgan fingerprint density at radius 2 is 1.90 bits per heavy atom. The molecular formula is C24H20FNO5. The topological polar surface area (TPSA) is 80.0 Å². The van der Waals surface area contributed by atoms with Crippen molar-refractivity contribution in [3.8, 4) is 5.75 Å². The lowest BCUT2D eigenvalue weighted by Gasteiger charge is -2.24. The zero-order valence-corrected chi connectivity index (χ0v) is 17.0. The Morgan fingerprint density at radius 1 is 1.16 bits per heavy atom. The zero-order chi connectivity index (χ0) is 22.1. The van der Waals surface area contributed by atoms with Crippen LogP contribution >= 0.6 is 0 Å². The number of benzene rings is 2. The first-order valence-electron chi connectivity index (χ1n) is 9.62. The number of hydrogen-bond acceptors (Lipinski definition) is 5. The van der Waals surface area contributed by atoms with E-state index in [1.807, 2.05) is 0 Å². The summed E-state index contributed by atoms with van der Waals surface area (Å²) in [5.74, 6) is -1.47. The summed E-state index contributed by atoms with van der Waals surface area (Å²) in [6.45, 7) is 1.63. The smallest absolute Gasteiger partial charge is 0.296 e. The molecule has 0 aliphatic carbocycles. The number of aliphatic hydroxyl groups excluding tert-OH is 1. The highest BCUT2D eigenvalue weighted by atomic mass is 19.1. The highest BCUT2D eigenvalue weighted by Crippen LogP contribution is 2.40. The van der Waals surface area contributed by atoms with Crippen LogP contribution in [-0.2, 0) is 16.1 Å². The van der Waals surface area contributed by atoms with Crippen LogP contribution in [0.2, 0.25) is 0 Å². The van der Waals surface area contributed by atoms with E-state index in [0.717, 1.165) is 6.07 Å². The van der Waals surface area contributed by atoms with E-state index < -0.39 is 29.3 Å². The Hall–Kier alpha value is -3.87. The van der Waals surface area contributed by atoms with E-state index in [4.69, 9.17) is 9.15 Å². The fourth-order valence-corrected chi connectivity index (χ4v) is 3.64. The van der Waals surface area contributed by atoms with Gasteiger partial charge in [-0.2, -0.15) is 0 Å². The van der Waals surface area contributed by atoms with E-state index >= 15 is 0 Å². The molecule has 2 heterocycles. The zero-order valence-electron chi connectivity index (χ0n) is 17.0. The number of methoxy groups -OCH3 is 1. The van der Waals surface area contributed by atoms with Crippen LogP contribution in [0.25, 0.3) is 5.76 Å². The maximum absolute atomic E-state index is 14.1. The monoisotopic (exact) mass is 421 g/mol. The van der Waals surface area contributed by atoms with Gasteiger partial charge in [0.2, 0.25) is 0 Å². The van der Waals surface area contributed by atoms with Crippen LogP contribution in [0, 0.1) is 12.7 Å². The SMILES string of the molecule is COc1ccc(C2/C(=C(\O)c3ccc(C)c(F)c3)C(=O)C(=O)N2Cc2ccco2)cc1. The van der Waals surface area contributed by atoms with Gasteiger partial charge in [0.1, 0.15) is 23.1 Å². The second-order valence-corrected chi connectivity index (χ2v) is 7.24. The summed E-state index contributed by atoms with van der Waals surface area (Å²) in [5, 5.41) is 11.0. The molecule has 2 aromatic carbocycles. The van der Waals surface area contributed by atoms with Gasteiger partial charge in [0, 0.05) is 5.56 Å². The molecule has 1 unspecified atom stereocenters. The largest absolute Gasteiger partial charge is 0.507 e. The van der Waals surface area contributed by atoms with Crippen molar-refractivity contribution in [2.24, 2.45) is 0 Å². The number of furan rings is 1. The number of aliphatic hydroxyl groups is 1. The Balaban J connectivity index is 1.86. The summed E-state index contributed by atoms with van der Waals surface area (Å²) in [6.07, 6.45) is 1.48. The standard InChI is InChI=1S/C24H20FNO5/c1-14-5-6-16(12-19(14)25)22(27)20-21(15-7-9-17(30-2)10-8-15)26(24(29)23(20)28)13-18-4-3-11-31-18/h3-12,21,27H,13H2,1-2H3/b22-20+. The highest BCUT2D eigenvalue weighted by Gasteiger charge is 2.46. The summed E-state index contributed by atoms with van der Waals surface area (Å²) >= 11 is 0. The second kappa shape index (κ2) is 8.10. The molecule has 31 heavy (non-hydrogen) atoms. The van der Waals surface area contributed by atoms with E-state index in [-0.39, 0.29) is 17.7 Å². The second-order valence-electron chi connectivity index (χ2n) is 7.24. The van der Waals surface area contributed by atoms with Crippen molar-refractivity contribution in [2.45, 2.75) is 19.5 Å². The van der Waals surface area contributed by atoms with Crippen LogP contribution in [0.5, 0.6) is 5.75 Å². The first kappa shape index (κ1) is 20.4. The highest BCUT2D eigenvalue weighted by molar-refractivity contribution is 6.46. The lowest BCUT2D eigenvalue weighted by atomic mass is 9.95. The molecule has 1 amide bonds. The summed E-state index contributed by atoms with van der Waals surface area (Å²) in [6, 6.07) is 13.5. The first-order valence-corrected chi connectivity index (χ1v) is 9.62. The van der Waals surface area contributed by atoms with E-state index in [9.17, 15) is 19.1 Å². The molecule has 0 radical (unpaired) electrons.